The summed E-state index contributed by atoms with van der Waals surface area (Å²) in [6.45, 7) is 0. The van der Waals surface area contributed by atoms with Gasteiger partial charge in [0.15, 0.2) is 5.78 Å². The van der Waals surface area contributed by atoms with Gasteiger partial charge in [-0.2, -0.15) is 0 Å². The first-order valence-electron chi connectivity index (χ1n) is 5.42. The lowest BCUT2D eigenvalue weighted by molar-refractivity contribution is -0.111. The van der Waals surface area contributed by atoms with Gasteiger partial charge in [0.1, 0.15) is 0 Å². The summed E-state index contributed by atoms with van der Waals surface area (Å²) < 4.78 is 0.950. The molecule has 19 heavy (non-hydrogen) atoms. The molecular formula is C13H10IN3O2. The van der Waals surface area contributed by atoms with Gasteiger partial charge < -0.3 is 5.43 Å². The molecule has 0 aromatic carbocycles. The maximum Gasteiger partial charge on any atom is 0.269 e. The zero-order valence-corrected chi connectivity index (χ0v) is 11.9. The Morgan fingerprint density at radius 1 is 1.26 bits per heavy atom. The normalized spacial score (nSPS) is 16.2. The molecule has 0 fully saturated rings. The van der Waals surface area contributed by atoms with Crippen molar-refractivity contribution in [2.24, 2.45) is 0 Å². The first-order valence-corrected chi connectivity index (χ1v) is 6.50. The van der Waals surface area contributed by atoms with E-state index in [1.54, 1.807) is 24.3 Å². The predicted molar refractivity (Wildman–Crippen MR) is 79.2 cm³/mol. The number of rotatable bonds is 3. The number of amides is 1. The van der Waals surface area contributed by atoms with Gasteiger partial charge in [-0.25, -0.2) is 0 Å². The van der Waals surface area contributed by atoms with E-state index in [0.29, 0.717) is 11.1 Å². The number of hydrogen-bond acceptors (Lipinski definition) is 4. The molecule has 0 unspecified atom stereocenters. The Morgan fingerprint density at radius 2 is 2.00 bits per heavy atom. The molecule has 1 amide bonds. The maximum absolute atomic E-state index is 11.7. The van der Waals surface area contributed by atoms with Crippen LogP contribution in [-0.2, 0) is 4.79 Å². The fraction of sp³-hybridized carbons (Fsp3) is 0. The lowest BCUT2D eigenvalue weighted by atomic mass is 10.1. The molecule has 1 heterocycles. The van der Waals surface area contributed by atoms with E-state index < -0.39 is 0 Å². The Labute approximate surface area is 123 Å². The van der Waals surface area contributed by atoms with Crippen molar-refractivity contribution in [3.05, 3.63) is 63.7 Å². The molecule has 0 bridgehead atoms. The first-order chi connectivity index (χ1) is 9.16. The van der Waals surface area contributed by atoms with Crippen LogP contribution in [-0.4, -0.2) is 16.7 Å². The molecule has 1 aromatic rings. The fourth-order valence-corrected chi connectivity index (χ4v) is 1.90. The van der Waals surface area contributed by atoms with Gasteiger partial charge in [-0.15, -0.1) is 0 Å². The molecule has 0 radical (unpaired) electrons. The van der Waals surface area contributed by atoms with Gasteiger partial charge >= 0.3 is 0 Å². The number of halogens is 1. The minimum atomic E-state index is -0.295. The van der Waals surface area contributed by atoms with E-state index in [0.717, 1.165) is 3.58 Å². The molecule has 1 aliphatic rings. The lowest BCUT2D eigenvalue weighted by Crippen LogP contribution is -2.34. The van der Waals surface area contributed by atoms with Crippen molar-refractivity contribution in [1.29, 1.82) is 0 Å². The number of pyridine rings is 1. The minimum absolute atomic E-state index is 0.105. The highest BCUT2D eigenvalue weighted by Gasteiger charge is 2.08. The van der Waals surface area contributed by atoms with Gasteiger partial charge in [-0.3, -0.25) is 20.0 Å². The van der Waals surface area contributed by atoms with Crippen LogP contribution in [0.4, 0.5) is 0 Å². The van der Waals surface area contributed by atoms with E-state index in [4.69, 9.17) is 0 Å². The summed E-state index contributed by atoms with van der Waals surface area (Å²) in [6.07, 6.45) is 9.48. The van der Waals surface area contributed by atoms with Crippen molar-refractivity contribution in [2.45, 2.75) is 0 Å². The van der Waals surface area contributed by atoms with Gasteiger partial charge in [-0.05, 0) is 53.0 Å². The monoisotopic (exact) mass is 367 g/mol. The minimum Gasteiger partial charge on any atom is -0.305 e. The second-order valence-corrected chi connectivity index (χ2v) is 4.91. The standard InChI is InChI=1S/C13H10IN3O2/c14-11-1-2-12(18)10(7-11)8-16-17-13(19)9-3-5-15-6-4-9/h1-8,16H,(H,17,19). The average molecular weight is 367 g/mol. The third-order valence-corrected chi connectivity index (χ3v) is 3.00. The lowest BCUT2D eigenvalue weighted by Gasteiger charge is -2.07. The quantitative estimate of drug-likeness (QED) is 0.484. The molecule has 96 valence electrons. The summed E-state index contributed by atoms with van der Waals surface area (Å²) in [7, 11) is 0. The van der Waals surface area contributed by atoms with Crippen LogP contribution in [0.15, 0.2) is 58.1 Å². The van der Waals surface area contributed by atoms with E-state index in [9.17, 15) is 9.59 Å². The van der Waals surface area contributed by atoms with E-state index in [2.05, 4.69) is 38.4 Å². The van der Waals surface area contributed by atoms with Crippen molar-refractivity contribution >= 4 is 34.3 Å². The molecule has 5 nitrogen and oxygen atoms in total. The van der Waals surface area contributed by atoms with E-state index in [1.165, 1.54) is 24.7 Å². The van der Waals surface area contributed by atoms with Crippen molar-refractivity contribution in [2.75, 3.05) is 0 Å². The molecule has 1 aromatic heterocycles. The SMILES string of the molecule is O=C1C=CC(I)=CC1=CNNC(=O)c1ccncc1. The number of allylic oxidation sites excluding steroid dienone is 5. The Morgan fingerprint density at radius 3 is 2.74 bits per heavy atom. The summed E-state index contributed by atoms with van der Waals surface area (Å²) in [5.74, 6) is -0.400. The summed E-state index contributed by atoms with van der Waals surface area (Å²) in [5, 5.41) is 0. The third-order valence-electron chi connectivity index (χ3n) is 2.33. The molecule has 0 aliphatic heterocycles. The first kappa shape index (κ1) is 13.5. The molecule has 0 atom stereocenters. The third kappa shape index (κ3) is 3.75. The van der Waals surface area contributed by atoms with Crippen LogP contribution in [0.5, 0.6) is 0 Å². The summed E-state index contributed by atoms with van der Waals surface area (Å²) >= 11 is 2.12. The molecule has 1 aliphatic carbocycles. The van der Waals surface area contributed by atoms with Crippen LogP contribution in [0.2, 0.25) is 0 Å². The van der Waals surface area contributed by atoms with Crippen LogP contribution in [0.25, 0.3) is 0 Å². The number of hydrazine groups is 1. The molecule has 2 N–H and O–H groups in total. The second-order valence-electron chi connectivity index (χ2n) is 3.66. The van der Waals surface area contributed by atoms with E-state index >= 15 is 0 Å². The number of carbonyl (C=O) groups is 2. The van der Waals surface area contributed by atoms with Gasteiger partial charge in [0.25, 0.3) is 5.91 Å². The van der Waals surface area contributed by atoms with Crippen LogP contribution >= 0.6 is 22.6 Å². The maximum atomic E-state index is 11.7. The van der Waals surface area contributed by atoms with Crippen LogP contribution in [0.3, 0.4) is 0 Å². The Hall–Kier alpha value is -1.96. The number of hydrogen-bond donors (Lipinski definition) is 2. The highest BCUT2D eigenvalue weighted by Crippen LogP contribution is 2.17. The van der Waals surface area contributed by atoms with E-state index in [1.807, 2.05) is 0 Å². The molecular weight excluding hydrogens is 357 g/mol. The molecule has 0 saturated carbocycles. The van der Waals surface area contributed by atoms with Crippen LogP contribution < -0.4 is 10.9 Å². The Balaban J connectivity index is 1.95. The summed E-state index contributed by atoms with van der Waals surface area (Å²) in [4.78, 5) is 27.0. The number of aromatic nitrogens is 1. The highest BCUT2D eigenvalue weighted by atomic mass is 127. The zero-order chi connectivity index (χ0) is 13.7. The Bertz CT molecular complexity index is 591. The summed E-state index contributed by atoms with van der Waals surface area (Å²) in [5.41, 5.74) is 6.08. The topological polar surface area (TPSA) is 71.1 Å². The molecule has 0 saturated heterocycles. The molecule has 0 spiro atoms. The van der Waals surface area contributed by atoms with Gasteiger partial charge in [0.05, 0.1) is 0 Å². The van der Waals surface area contributed by atoms with Crippen LogP contribution in [0, 0.1) is 0 Å². The number of nitrogens with one attached hydrogen (secondary N) is 2. The van der Waals surface area contributed by atoms with Crippen molar-refractivity contribution in [3.63, 3.8) is 0 Å². The average Bonchev–Trinajstić information content (AvgIpc) is 2.43. The largest absolute Gasteiger partial charge is 0.305 e. The van der Waals surface area contributed by atoms with Crippen molar-refractivity contribution in [3.8, 4) is 0 Å². The van der Waals surface area contributed by atoms with Crippen LogP contribution in [0.1, 0.15) is 10.4 Å². The number of nitrogens with zero attached hydrogens (tertiary/aromatic N) is 1. The van der Waals surface area contributed by atoms with Gasteiger partial charge in [-0.1, -0.05) is 0 Å². The smallest absolute Gasteiger partial charge is 0.269 e. The summed E-state index contributed by atoms with van der Waals surface area (Å²) in [6, 6.07) is 3.20. The Kier molecular flexibility index (Phi) is 4.45. The number of ketones is 1. The van der Waals surface area contributed by atoms with Crippen molar-refractivity contribution in [1.82, 2.24) is 15.8 Å². The second kappa shape index (κ2) is 6.28. The fourth-order valence-electron chi connectivity index (χ4n) is 1.39. The van der Waals surface area contributed by atoms with Crippen molar-refractivity contribution < 1.29 is 9.59 Å². The molecule has 6 heteroatoms. The molecule has 2 rings (SSSR count). The van der Waals surface area contributed by atoms with Gasteiger partial charge in [0, 0.05) is 33.3 Å². The zero-order valence-electron chi connectivity index (χ0n) is 9.76. The highest BCUT2D eigenvalue weighted by molar-refractivity contribution is 14.1. The van der Waals surface area contributed by atoms with E-state index in [-0.39, 0.29) is 11.7 Å². The predicted octanol–water partition coefficient (Wildman–Crippen LogP) is 1.66. The number of carbonyl (C=O) groups excluding carboxylic acids is 2. The van der Waals surface area contributed by atoms with Gasteiger partial charge in [0.2, 0.25) is 0 Å².